The van der Waals surface area contributed by atoms with E-state index in [1.54, 1.807) is 0 Å². The van der Waals surface area contributed by atoms with Gasteiger partial charge in [-0.15, -0.1) is 5.10 Å². The zero-order valence-electron chi connectivity index (χ0n) is 13.4. The van der Waals surface area contributed by atoms with Crippen LogP contribution >= 0.6 is 11.3 Å². The van der Waals surface area contributed by atoms with Gasteiger partial charge in [0.15, 0.2) is 5.82 Å². The van der Waals surface area contributed by atoms with Crippen LogP contribution in [0.15, 0.2) is 16.5 Å². The third kappa shape index (κ3) is 2.85. The molecule has 2 N–H and O–H groups in total. The molecule has 3 heterocycles. The maximum absolute atomic E-state index is 10.6. The summed E-state index contributed by atoms with van der Waals surface area (Å²) >= 11 is 1.38. The van der Waals surface area contributed by atoms with E-state index in [4.69, 9.17) is 4.42 Å². The summed E-state index contributed by atoms with van der Waals surface area (Å²) in [5.74, 6) is 2.29. The second-order valence-electron chi connectivity index (χ2n) is 5.42. The van der Waals surface area contributed by atoms with Crippen LogP contribution in [0.1, 0.15) is 35.2 Å². The number of hydrogen-bond acceptors (Lipinski definition) is 7. The number of aromatic nitrogens is 3. The summed E-state index contributed by atoms with van der Waals surface area (Å²) in [5, 5.41) is 24.2. The Morgan fingerprint density at radius 1 is 1.43 bits per heavy atom. The van der Waals surface area contributed by atoms with E-state index in [-0.39, 0.29) is 18.5 Å². The monoisotopic (exact) mass is 336 g/mol. The average Bonchev–Trinajstić information content (AvgIpc) is 3.18. The minimum Gasteiger partial charge on any atom is -0.492 e. The predicted molar refractivity (Wildman–Crippen MR) is 86.9 cm³/mol. The minimum absolute atomic E-state index is 0.0220. The summed E-state index contributed by atoms with van der Waals surface area (Å²) in [6, 6.07) is 3.48. The molecule has 0 aliphatic rings. The number of fused-ring (bicyclic) bond motifs is 1. The molecule has 7 nitrogen and oxygen atoms in total. The quantitative estimate of drug-likeness (QED) is 0.716. The molecule has 124 valence electrons. The Kier molecular flexibility index (Phi) is 4.38. The van der Waals surface area contributed by atoms with Crippen molar-refractivity contribution < 1.29 is 14.6 Å². The van der Waals surface area contributed by atoms with E-state index in [1.165, 1.54) is 15.9 Å². The number of aryl methyl sites for hydroxylation is 2. The normalized spacial score (nSPS) is 13.3. The van der Waals surface area contributed by atoms with Crippen LogP contribution in [-0.2, 0) is 6.42 Å². The highest BCUT2D eigenvalue weighted by atomic mass is 32.1. The molecule has 0 radical (unpaired) electrons. The first-order valence-corrected chi connectivity index (χ1v) is 8.31. The van der Waals surface area contributed by atoms with E-state index >= 15 is 0 Å². The Bertz CT molecular complexity index is 807. The first-order chi connectivity index (χ1) is 11.0. The van der Waals surface area contributed by atoms with E-state index in [9.17, 15) is 10.2 Å². The Morgan fingerprint density at radius 3 is 2.78 bits per heavy atom. The maximum Gasteiger partial charge on any atom is 0.230 e. The first-order valence-electron chi connectivity index (χ1n) is 7.49. The molecule has 0 aromatic carbocycles. The highest BCUT2D eigenvalue weighted by Gasteiger charge is 2.29. The summed E-state index contributed by atoms with van der Waals surface area (Å²) in [7, 11) is 1.88. The largest absolute Gasteiger partial charge is 0.492 e. The van der Waals surface area contributed by atoms with Gasteiger partial charge in [-0.1, -0.05) is 18.3 Å². The number of likely N-dealkylation sites (N-methyl/N-ethyl adjacent to an activating group) is 1. The van der Waals surface area contributed by atoms with Crippen LogP contribution in [-0.4, -0.2) is 49.9 Å². The van der Waals surface area contributed by atoms with Crippen LogP contribution in [0, 0.1) is 6.92 Å². The summed E-state index contributed by atoms with van der Waals surface area (Å²) in [5.41, 5.74) is 0. The van der Waals surface area contributed by atoms with Crippen molar-refractivity contribution in [3.8, 4) is 5.88 Å². The summed E-state index contributed by atoms with van der Waals surface area (Å²) in [4.78, 5) is 7.70. The Hall–Kier alpha value is -1.90. The zero-order chi connectivity index (χ0) is 16.6. The van der Waals surface area contributed by atoms with Crippen molar-refractivity contribution in [1.82, 2.24) is 19.5 Å². The Morgan fingerprint density at radius 2 is 2.22 bits per heavy atom. The van der Waals surface area contributed by atoms with Crippen LogP contribution in [0.4, 0.5) is 0 Å². The second kappa shape index (κ2) is 6.31. The van der Waals surface area contributed by atoms with Gasteiger partial charge in [-0.25, -0.2) is 4.98 Å². The van der Waals surface area contributed by atoms with E-state index in [0.29, 0.717) is 34.4 Å². The number of aliphatic hydroxyl groups is 1. The molecule has 0 saturated heterocycles. The van der Waals surface area contributed by atoms with Crippen LogP contribution in [0.5, 0.6) is 5.88 Å². The topological polar surface area (TPSA) is 87.0 Å². The molecule has 0 amide bonds. The fraction of sp³-hybridized carbons (Fsp3) is 0.467. The molecular weight excluding hydrogens is 316 g/mol. The van der Waals surface area contributed by atoms with Gasteiger partial charge in [0, 0.05) is 13.0 Å². The Labute approximate surface area is 137 Å². The maximum atomic E-state index is 10.6. The molecule has 23 heavy (non-hydrogen) atoms. The number of thiazole rings is 1. The smallest absolute Gasteiger partial charge is 0.230 e. The second-order valence-corrected chi connectivity index (χ2v) is 6.43. The van der Waals surface area contributed by atoms with Gasteiger partial charge in [0.25, 0.3) is 0 Å². The highest BCUT2D eigenvalue weighted by Crippen LogP contribution is 2.39. The minimum atomic E-state index is -0.297. The van der Waals surface area contributed by atoms with Gasteiger partial charge in [-0.2, -0.15) is 4.52 Å². The summed E-state index contributed by atoms with van der Waals surface area (Å²) < 4.78 is 7.23. The number of aromatic hydroxyl groups is 1. The van der Waals surface area contributed by atoms with E-state index in [1.807, 2.05) is 37.9 Å². The lowest BCUT2D eigenvalue weighted by molar-refractivity contribution is 0.183. The molecule has 0 bridgehead atoms. The van der Waals surface area contributed by atoms with E-state index in [2.05, 4.69) is 10.1 Å². The zero-order valence-corrected chi connectivity index (χ0v) is 14.2. The van der Waals surface area contributed by atoms with Crippen LogP contribution in [0.25, 0.3) is 4.96 Å². The van der Waals surface area contributed by atoms with Crippen molar-refractivity contribution in [3.05, 3.63) is 34.4 Å². The lowest BCUT2D eigenvalue weighted by atomic mass is 10.1. The molecule has 3 aromatic heterocycles. The first kappa shape index (κ1) is 16.0. The lowest BCUT2D eigenvalue weighted by Gasteiger charge is -2.24. The van der Waals surface area contributed by atoms with Crippen molar-refractivity contribution in [1.29, 1.82) is 0 Å². The van der Waals surface area contributed by atoms with Gasteiger partial charge in [-0.05, 0) is 26.1 Å². The van der Waals surface area contributed by atoms with Gasteiger partial charge in [0.2, 0.25) is 10.8 Å². The number of hydrogen-bond donors (Lipinski definition) is 2. The third-order valence-electron chi connectivity index (χ3n) is 3.73. The fourth-order valence-corrected chi connectivity index (χ4v) is 3.70. The van der Waals surface area contributed by atoms with Crippen molar-refractivity contribution in [2.75, 3.05) is 20.2 Å². The average molecular weight is 336 g/mol. The SMILES string of the molecule is CCc1nc2sc(C(c3ccc(C)o3)N(C)CCO)c(O)n2n1. The van der Waals surface area contributed by atoms with Gasteiger partial charge in [0.1, 0.15) is 17.6 Å². The predicted octanol–water partition coefficient (Wildman–Crippen LogP) is 1.97. The van der Waals surface area contributed by atoms with Gasteiger partial charge >= 0.3 is 0 Å². The number of rotatable bonds is 6. The van der Waals surface area contributed by atoms with Crippen LogP contribution in [0.3, 0.4) is 0 Å². The van der Waals surface area contributed by atoms with E-state index in [0.717, 1.165) is 5.76 Å². The molecule has 0 saturated carbocycles. The molecule has 3 rings (SSSR count). The molecular formula is C15H20N4O3S. The fourth-order valence-electron chi connectivity index (χ4n) is 2.55. The molecule has 0 aliphatic heterocycles. The molecule has 1 atom stereocenters. The van der Waals surface area contributed by atoms with Crippen LogP contribution in [0.2, 0.25) is 0 Å². The van der Waals surface area contributed by atoms with Gasteiger partial charge in [-0.3, -0.25) is 4.90 Å². The molecule has 3 aromatic rings. The summed E-state index contributed by atoms with van der Waals surface area (Å²) in [6.45, 7) is 4.33. The van der Waals surface area contributed by atoms with Crippen molar-refractivity contribution in [3.63, 3.8) is 0 Å². The number of furan rings is 1. The number of nitrogens with zero attached hydrogens (tertiary/aromatic N) is 4. The molecule has 0 fully saturated rings. The van der Waals surface area contributed by atoms with Gasteiger partial charge < -0.3 is 14.6 Å². The van der Waals surface area contributed by atoms with Crippen molar-refractivity contribution >= 4 is 16.3 Å². The molecule has 0 aliphatic carbocycles. The van der Waals surface area contributed by atoms with Gasteiger partial charge in [0.05, 0.1) is 11.5 Å². The van der Waals surface area contributed by atoms with Crippen LogP contribution < -0.4 is 0 Å². The lowest BCUT2D eigenvalue weighted by Crippen LogP contribution is -2.27. The molecule has 8 heteroatoms. The Balaban J connectivity index is 2.08. The molecule has 1 unspecified atom stereocenters. The number of aliphatic hydroxyl groups excluding tert-OH is 1. The standard InChI is InChI=1S/C15H20N4O3S/c1-4-11-16-15-19(17-11)14(21)13(23-15)12(18(3)7-8-20)10-6-5-9(2)22-10/h5-6,12,20-21H,4,7-8H2,1-3H3. The van der Waals surface area contributed by atoms with Crippen molar-refractivity contribution in [2.24, 2.45) is 0 Å². The van der Waals surface area contributed by atoms with Crippen molar-refractivity contribution in [2.45, 2.75) is 26.3 Å². The molecule has 0 spiro atoms. The highest BCUT2D eigenvalue weighted by molar-refractivity contribution is 7.17. The van der Waals surface area contributed by atoms with E-state index < -0.39 is 0 Å². The summed E-state index contributed by atoms with van der Waals surface area (Å²) in [6.07, 6.45) is 0.717. The third-order valence-corrected chi connectivity index (χ3v) is 4.80.